The van der Waals surface area contributed by atoms with Crippen LogP contribution in [-0.4, -0.2) is 43.4 Å². The summed E-state index contributed by atoms with van der Waals surface area (Å²) in [5, 5.41) is 3.27. The van der Waals surface area contributed by atoms with Crippen molar-refractivity contribution in [2.75, 3.05) is 20.1 Å². The second-order valence-electron chi connectivity index (χ2n) is 4.55. The molecule has 1 rings (SSSR count). The van der Waals surface area contributed by atoms with Crippen molar-refractivity contribution in [2.24, 2.45) is 5.92 Å². The lowest BCUT2D eigenvalue weighted by Gasteiger charge is -2.30. The largest absolute Gasteiger partial charge is 0.340 e. The molecule has 16 heavy (non-hydrogen) atoms. The Morgan fingerprint density at radius 3 is 2.81 bits per heavy atom. The number of amides is 1. The van der Waals surface area contributed by atoms with Crippen molar-refractivity contribution in [1.29, 1.82) is 0 Å². The van der Waals surface area contributed by atoms with E-state index in [-0.39, 0.29) is 11.9 Å². The molecule has 0 bridgehead atoms. The van der Waals surface area contributed by atoms with Crippen LogP contribution in [0.4, 0.5) is 8.78 Å². The van der Waals surface area contributed by atoms with Crippen LogP contribution < -0.4 is 5.32 Å². The number of nitrogens with one attached hydrogen (secondary N) is 1. The highest BCUT2D eigenvalue weighted by Gasteiger charge is 2.25. The fraction of sp³-hybridized carbons (Fsp3) is 0.909. The van der Waals surface area contributed by atoms with Gasteiger partial charge >= 0.3 is 0 Å². The van der Waals surface area contributed by atoms with Gasteiger partial charge in [-0.15, -0.1) is 0 Å². The van der Waals surface area contributed by atoms with E-state index in [0.29, 0.717) is 12.3 Å². The molecule has 1 N–H and O–H groups in total. The molecular weight excluding hydrogens is 214 g/mol. The number of hydrogen-bond donors (Lipinski definition) is 1. The molecule has 0 aliphatic carbocycles. The van der Waals surface area contributed by atoms with E-state index in [1.165, 1.54) is 7.05 Å². The van der Waals surface area contributed by atoms with Gasteiger partial charge in [-0.3, -0.25) is 4.79 Å². The summed E-state index contributed by atoms with van der Waals surface area (Å²) in [6.45, 7) is 2.54. The van der Waals surface area contributed by atoms with Crippen LogP contribution in [0.1, 0.15) is 26.2 Å². The molecule has 0 saturated carbocycles. The first-order valence-electron chi connectivity index (χ1n) is 5.76. The predicted molar refractivity (Wildman–Crippen MR) is 58.4 cm³/mol. The SMILES string of the molecule is CC1CCCNC1CC(=O)N(C)CC(F)F. The summed E-state index contributed by atoms with van der Waals surface area (Å²) in [7, 11) is 1.43. The second-order valence-corrected chi connectivity index (χ2v) is 4.55. The number of nitrogens with zero attached hydrogens (tertiary/aromatic N) is 1. The first-order valence-corrected chi connectivity index (χ1v) is 5.76. The molecule has 0 aromatic heterocycles. The summed E-state index contributed by atoms with van der Waals surface area (Å²) in [5.41, 5.74) is 0. The average molecular weight is 234 g/mol. The Balaban J connectivity index is 2.37. The normalized spacial score (nSPS) is 25.8. The van der Waals surface area contributed by atoms with E-state index in [0.717, 1.165) is 24.3 Å². The molecule has 2 unspecified atom stereocenters. The maximum atomic E-state index is 12.1. The summed E-state index contributed by atoms with van der Waals surface area (Å²) in [6.07, 6.45) is 0.0952. The second kappa shape index (κ2) is 6.13. The van der Waals surface area contributed by atoms with E-state index in [9.17, 15) is 13.6 Å². The molecule has 1 fully saturated rings. The Morgan fingerprint density at radius 2 is 2.25 bits per heavy atom. The van der Waals surface area contributed by atoms with Crippen LogP contribution in [0.25, 0.3) is 0 Å². The van der Waals surface area contributed by atoms with Crippen LogP contribution >= 0.6 is 0 Å². The molecule has 1 aliphatic rings. The highest BCUT2D eigenvalue weighted by molar-refractivity contribution is 5.76. The molecule has 3 nitrogen and oxygen atoms in total. The molecule has 0 radical (unpaired) electrons. The van der Waals surface area contributed by atoms with E-state index in [1.807, 2.05) is 0 Å². The minimum atomic E-state index is -2.45. The van der Waals surface area contributed by atoms with Gasteiger partial charge in [0.2, 0.25) is 5.91 Å². The van der Waals surface area contributed by atoms with E-state index in [1.54, 1.807) is 0 Å². The van der Waals surface area contributed by atoms with E-state index >= 15 is 0 Å². The van der Waals surface area contributed by atoms with Gasteiger partial charge in [-0.1, -0.05) is 6.92 Å². The Labute approximate surface area is 95.2 Å². The summed E-state index contributed by atoms with van der Waals surface area (Å²) in [5.74, 6) is 0.240. The summed E-state index contributed by atoms with van der Waals surface area (Å²) < 4.78 is 24.2. The third-order valence-electron chi connectivity index (χ3n) is 3.16. The van der Waals surface area contributed by atoms with Crippen molar-refractivity contribution in [3.63, 3.8) is 0 Å². The Morgan fingerprint density at radius 1 is 1.56 bits per heavy atom. The minimum absolute atomic E-state index is 0.140. The fourth-order valence-electron chi connectivity index (χ4n) is 2.04. The summed E-state index contributed by atoms with van der Waals surface area (Å²) in [4.78, 5) is 12.8. The van der Waals surface area contributed by atoms with E-state index in [4.69, 9.17) is 0 Å². The van der Waals surface area contributed by atoms with Crippen LogP contribution in [0.5, 0.6) is 0 Å². The Hall–Kier alpha value is -0.710. The first kappa shape index (κ1) is 13.4. The molecule has 5 heteroatoms. The van der Waals surface area contributed by atoms with Gasteiger partial charge in [-0.2, -0.15) is 0 Å². The molecule has 94 valence electrons. The van der Waals surface area contributed by atoms with Gasteiger partial charge in [-0.05, 0) is 25.3 Å². The maximum Gasteiger partial charge on any atom is 0.255 e. The van der Waals surface area contributed by atoms with Crippen LogP contribution in [-0.2, 0) is 4.79 Å². The Kier molecular flexibility index (Phi) is 5.12. The molecular formula is C11H20F2N2O. The number of rotatable bonds is 4. The van der Waals surface area contributed by atoms with Gasteiger partial charge in [0.05, 0.1) is 6.54 Å². The lowest BCUT2D eigenvalue weighted by molar-refractivity contribution is -0.132. The molecule has 0 aromatic carbocycles. The number of carbonyl (C=O) groups excluding carboxylic acids is 1. The molecule has 1 amide bonds. The number of hydrogen-bond acceptors (Lipinski definition) is 2. The highest BCUT2D eigenvalue weighted by atomic mass is 19.3. The smallest absolute Gasteiger partial charge is 0.255 e. The van der Waals surface area contributed by atoms with Crippen LogP contribution in [0.2, 0.25) is 0 Å². The van der Waals surface area contributed by atoms with Crippen LogP contribution in [0.15, 0.2) is 0 Å². The number of piperidine rings is 1. The van der Waals surface area contributed by atoms with Gasteiger partial charge in [0.15, 0.2) is 0 Å². The predicted octanol–water partition coefficient (Wildman–Crippen LogP) is 1.49. The average Bonchev–Trinajstić information content (AvgIpc) is 2.20. The van der Waals surface area contributed by atoms with E-state index in [2.05, 4.69) is 12.2 Å². The molecule has 1 saturated heterocycles. The van der Waals surface area contributed by atoms with Crippen molar-refractivity contribution in [1.82, 2.24) is 10.2 Å². The van der Waals surface area contributed by atoms with Crippen molar-refractivity contribution >= 4 is 5.91 Å². The van der Waals surface area contributed by atoms with Crippen LogP contribution in [0, 0.1) is 5.92 Å². The zero-order chi connectivity index (χ0) is 12.1. The summed E-state index contributed by atoms with van der Waals surface area (Å²) >= 11 is 0. The van der Waals surface area contributed by atoms with Gasteiger partial charge in [-0.25, -0.2) is 8.78 Å². The lowest BCUT2D eigenvalue weighted by Crippen LogP contribution is -2.44. The Bertz CT molecular complexity index is 236. The van der Waals surface area contributed by atoms with Gasteiger partial charge < -0.3 is 10.2 Å². The van der Waals surface area contributed by atoms with Crippen molar-refractivity contribution in [3.8, 4) is 0 Å². The zero-order valence-electron chi connectivity index (χ0n) is 9.88. The van der Waals surface area contributed by atoms with Crippen molar-refractivity contribution < 1.29 is 13.6 Å². The molecule has 1 aliphatic heterocycles. The van der Waals surface area contributed by atoms with Crippen molar-refractivity contribution in [2.45, 2.75) is 38.7 Å². The monoisotopic (exact) mass is 234 g/mol. The number of carbonyl (C=O) groups is 1. The van der Waals surface area contributed by atoms with Gasteiger partial charge in [0.25, 0.3) is 6.43 Å². The highest BCUT2D eigenvalue weighted by Crippen LogP contribution is 2.18. The first-order chi connectivity index (χ1) is 7.50. The van der Waals surface area contributed by atoms with E-state index < -0.39 is 13.0 Å². The van der Waals surface area contributed by atoms with Crippen molar-refractivity contribution in [3.05, 3.63) is 0 Å². The fourth-order valence-corrected chi connectivity index (χ4v) is 2.04. The molecule has 1 heterocycles. The standard InChI is InChI=1S/C11H20F2N2O/c1-8-4-3-5-14-9(8)6-11(16)15(2)7-10(12)13/h8-10,14H,3-7H2,1-2H3. The van der Waals surface area contributed by atoms with Gasteiger partial charge in [0.1, 0.15) is 0 Å². The molecule has 0 aromatic rings. The molecule has 2 atom stereocenters. The topological polar surface area (TPSA) is 32.3 Å². The van der Waals surface area contributed by atoms with Crippen LogP contribution in [0.3, 0.4) is 0 Å². The zero-order valence-corrected chi connectivity index (χ0v) is 9.88. The third kappa shape index (κ3) is 4.04. The third-order valence-corrected chi connectivity index (χ3v) is 3.16. The lowest BCUT2D eigenvalue weighted by atomic mass is 9.90. The maximum absolute atomic E-state index is 12.1. The minimum Gasteiger partial charge on any atom is -0.340 e. The quantitative estimate of drug-likeness (QED) is 0.799. The number of alkyl halides is 2. The van der Waals surface area contributed by atoms with Gasteiger partial charge in [0, 0.05) is 19.5 Å². The molecule has 0 spiro atoms. The number of halogens is 2. The summed E-state index contributed by atoms with van der Waals surface area (Å²) in [6, 6.07) is 0.140.